The number of hydrogen-bond donors (Lipinski definition) is 3. The van der Waals surface area contributed by atoms with Crippen molar-refractivity contribution in [1.82, 2.24) is 19.6 Å². The minimum atomic E-state index is -1.10. The zero-order chi connectivity index (χ0) is 43.8. The van der Waals surface area contributed by atoms with Gasteiger partial charge in [0.2, 0.25) is 0 Å². The molecular weight excluding hydrogens is 844 g/mol. The van der Waals surface area contributed by atoms with Crippen LogP contribution in [0.3, 0.4) is 0 Å². The number of carboxylic acids is 1. The molecule has 0 aliphatic heterocycles. The minimum absolute atomic E-state index is 0.0162. The van der Waals surface area contributed by atoms with E-state index in [1.165, 1.54) is 79.2 Å². The van der Waals surface area contributed by atoms with E-state index in [0.717, 1.165) is 9.15 Å². The number of nitro groups is 2. The van der Waals surface area contributed by atoms with Gasteiger partial charge >= 0.3 is 5.97 Å². The molecule has 0 aliphatic rings. The monoisotopic (exact) mass is 878 g/mol. The fourth-order valence-corrected chi connectivity index (χ4v) is 6.38. The third kappa shape index (κ3) is 9.71. The van der Waals surface area contributed by atoms with Crippen LogP contribution in [0, 0.1) is 20.2 Å². The van der Waals surface area contributed by atoms with Crippen LogP contribution in [-0.4, -0.2) is 52.0 Å². The second kappa shape index (κ2) is 18.7. The lowest BCUT2D eigenvalue weighted by Crippen LogP contribution is -2.28. The second-order valence-corrected chi connectivity index (χ2v) is 13.7. The average Bonchev–Trinajstić information content (AvgIpc) is 3.22. The van der Waals surface area contributed by atoms with Crippen LogP contribution in [0.5, 0.6) is 0 Å². The van der Waals surface area contributed by atoms with E-state index in [2.05, 4.69) is 36.8 Å². The smallest absolute Gasteiger partial charge is 0.335 e. The number of ketones is 2. The molecule has 19 heteroatoms. The van der Waals surface area contributed by atoms with Gasteiger partial charge in [-0.1, -0.05) is 46.3 Å². The fraction of sp³-hybridized carbons (Fsp3) is 0.146. The summed E-state index contributed by atoms with van der Waals surface area (Å²) in [6.45, 7) is 6.52. The summed E-state index contributed by atoms with van der Waals surface area (Å²) in [6.07, 6.45) is 0. The van der Waals surface area contributed by atoms with E-state index >= 15 is 0 Å². The highest BCUT2D eigenvalue weighted by molar-refractivity contribution is 9.10. The number of hydrogen-bond acceptors (Lipinski definition) is 13. The van der Waals surface area contributed by atoms with Crippen molar-refractivity contribution >= 4 is 67.6 Å². The average molecular weight is 880 g/mol. The van der Waals surface area contributed by atoms with Crippen LogP contribution in [0.4, 0.5) is 34.1 Å². The largest absolute Gasteiger partial charge is 0.478 e. The first-order valence-corrected chi connectivity index (χ1v) is 18.8. The summed E-state index contributed by atoms with van der Waals surface area (Å²) in [5.41, 5.74) is 0.877. The van der Waals surface area contributed by atoms with E-state index in [1.54, 1.807) is 44.2 Å². The van der Waals surface area contributed by atoms with Crippen LogP contribution in [0.1, 0.15) is 58.8 Å². The van der Waals surface area contributed by atoms with Crippen LogP contribution in [0.2, 0.25) is 0 Å². The molecule has 0 fully saturated rings. The van der Waals surface area contributed by atoms with E-state index in [-0.39, 0.29) is 69.7 Å². The summed E-state index contributed by atoms with van der Waals surface area (Å²) in [5.74, 6) is -1.93. The molecule has 6 rings (SSSR count). The van der Waals surface area contributed by atoms with E-state index in [4.69, 9.17) is 5.11 Å². The number of aromatic carboxylic acids is 1. The van der Waals surface area contributed by atoms with Gasteiger partial charge in [0.05, 0.1) is 26.5 Å². The molecule has 0 amide bonds. The van der Waals surface area contributed by atoms with Crippen molar-refractivity contribution in [3.8, 4) is 22.5 Å². The Morgan fingerprint density at radius 3 is 1.48 bits per heavy atom. The maximum Gasteiger partial charge on any atom is 0.335 e. The number of rotatable bonds is 13. The van der Waals surface area contributed by atoms with Crippen LogP contribution in [0.25, 0.3) is 22.5 Å². The summed E-state index contributed by atoms with van der Waals surface area (Å²) < 4.78 is 3.17. The molecule has 0 unspecified atom stereocenters. The lowest BCUT2D eigenvalue weighted by atomic mass is 10.0. The standard InChI is InChI=1S/C21H18N4O6.C20H17BrN4O4/c1-3-24-20(27)19(22-15-9-7-13(8-10-15)21(28)29)17(12(2)26)18(23-24)14-5-4-6-16(11-14)25(30)31;1-3-24-20(27)19(22-15-8-5-7-14(21)11-15)17(12(2)26)18(23-24)13-6-4-9-16(10-13)25(28)29/h4-11,22H,3H2,1-2H3,(H,28,29);4-11,22H,3H2,1-2H3. The number of Topliss-reactive ketones (excluding diaryl/α,β-unsaturated/α-hetero) is 2. The number of non-ortho nitro benzene ring substituents is 2. The molecule has 0 saturated carbocycles. The SMILES string of the molecule is CCn1nc(-c2cccc([N+](=O)[O-])c2)c(C(C)=O)c(Nc2ccc(C(=O)O)cc2)c1=O.CCn1nc(-c2cccc([N+](=O)[O-])c2)c(C(C)=O)c(Nc2cccc(Br)c2)c1=O. The minimum Gasteiger partial charge on any atom is -0.478 e. The second-order valence-electron chi connectivity index (χ2n) is 12.8. The van der Waals surface area contributed by atoms with Crippen molar-refractivity contribution in [2.45, 2.75) is 40.8 Å². The van der Waals surface area contributed by atoms with Gasteiger partial charge in [-0.05, 0) is 70.2 Å². The van der Waals surface area contributed by atoms with Crippen molar-refractivity contribution in [2.75, 3.05) is 10.6 Å². The van der Waals surface area contributed by atoms with Gasteiger partial charge in [-0.15, -0.1) is 0 Å². The number of nitro benzene ring substituents is 2. The Hall–Kier alpha value is -7.67. The number of halogens is 1. The molecule has 0 radical (unpaired) electrons. The predicted octanol–water partition coefficient (Wildman–Crippen LogP) is 8.03. The summed E-state index contributed by atoms with van der Waals surface area (Å²) >= 11 is 3.38. The van der Waals surface area contributed by atoms with E-state index < -0.39 is 32.7 Å². The fourth-order valence-electron chi connectivity index (χ4n) is 5.98. The molecule has 2 heterocycles. The Morgan fingerprint density at radius 2 is 1.10 bits per heavy atom. The van der Waals surface area contributed by atoms with Crippen molar-refractivity contribution in [2.24, 2.45) is 0 Å². The number of anilines is 4. The van der Waals surface area contributed by atoms with Crippen molar-refractivity contribution in [3.63, 3.8) is 0 Å². The van der Waals surface area contributed by atoms with Crippen molar-refractivity contribution in [1.29, 1.82) is 0 Å². The number of nitrogens with zero attached hydrogens (tertiary/aromatic N) is 6. The molecule has 0 atom stereocenters. The number of carbonyl (C=O) groups excluding carboxylic acids is 2. The van der Waals surface area contributed by atoms with Crippen LogP contribution in [-0.2, 0) is 13.1 Å². The summed E-state index contributed by atoms with van der Waals surface area (Å²) in [6, 6.07) is 24.3. The highest BCUT2D eigenvalue weighted by Crippen LogP contribution is 2.32. The lowest BCUT2D eigenvalue weighted by Gasteiger charge is -2.16. The Labute approximate surface area is 348 Å². The van der Waals surface area contributed by atoms with Gasteiger partial charge in [-0.2, -0.15) is 10.2 Å². The number of carboxylic acid groups (broad SMARTS) is 1. The van der Waals surface area contributed by atoms with Gasteiger partial charge < -0.3 is 15.7 Å². The Balaban J connectivity index is 0.000000228. The zero-order valence-electron chi connectivity index (χ0n) is 32.3. The molecule has 0 spiro atoms. The third-order valence-corrected chi connectivity index (χ3v) is 9.26. The molecule has 306 valence electrons. The molecular formula is C41H35BrN8O10. The maximum atomic E-state index is 12.9. The Morgan fingerprint density at radius 1 is 0.667 bits per heavy atom. The first-order valence-electron chi connectivity index (χ1n) is 18.0. The molecule has 0 saturated heterocycles. The quantitative estimate of drug-likeness (QED) is 0.0564. The molecule has 6 aromatic rings. The van der Waals surface area contributed by atoms with E-state index in [9.17, 15) is 44.2 Å². The van der Waals surface area contributed by atoms with E-state index in [1.807, 2.05) is 6.07 Å². The number of benzene rings is 4. The van der Waals surface area contributed by atoms with Crippen LogP contribution in [0.15, 0.2) is 111 Å². The van der Waals surface area contributed by atoms with Gasteiger partial charge in [0, 0.05) is 64.3 Å². The summed E-state index contributed by atoms with van der Waals surface area (Å²) in [4.78, 5) is 83.2. The zero-order valence-corrected chi connectivity index (χ0v) is 33.9. The van der Waals surface area contributed by atoms with Gasteiger partial charge in [0.25, 0.3) is 22.5 Å². The number of aromatic nitrogens is 4. The maximum absolute atomic E-state index is 12.9. The van der Waals surface area contributed by atoms with Crippen molar-refractivity contribution in [3.05, 3.63) is 159 Å². The Kier molecular flexibility index (Phi) is 13.6. The van der Waals surface area contributed by atoms with E-state index in [0.29, 0.717) is 22.5 Å². The first kappa shape index (κ1) is 43.5. The van der Waals surface area contributed by atoms with Gasteiger partial charge in [-0.25, -0.2) is 14.2 Å². The number of aryl methyl sites for hydroxylation is 2. The molecule has 3 N–H and O–H groups in total. The highest BCUT2D eigenvalue weighted by atomic mass is 79.9. The number of carbonyl (C=O) groups is 3. The summed E-state index contributed by atoms with van der Waals surface area (Å²) in [7, 11) is 0. The first-order chi connectivity index (χ1) is 28.5. The van der Waals surface area contributed by atoms with Gasteiger partial charge in [0.15, 0.2) is 11.6 Å². The highest BCUT2D eigenvalue weighted by Gasteiger charge is 2.25. The van der Waals surface area contributed by atoms with Crippen LogP contribution >= 0.6 is 15.9 Å². The van der Waals surface area contributed by atoms with Gasteiger partial charge in [0.1, 0.15) is 22.8 Å². The topological polar surface area (TPSA) is 252 Å². The van der Waals surface area contributed by atoms with Crippen LogP contribution < -0.4 is 21.8 Å². The summed E-state index contributed by atoms with van der Waals surface area (Å²) in [5, 5.41) is 45.9. The molecule has 0 aliphatic carbocycles. The normalized spacial score (nSPS) is 10.6. The molecule has 60 heavy (non-hydrogen) atoms. The van der Waals surface area contributed by atoms with Gasteiger partial charge in [-0.3, -0.25) is 39.4 Å². The Bertz CT molecular complexity index is 2800. The molecule has 2 aromatic heterocycles. The molecule has 0 bridgehead atoms. The lowest BCUT2D eigenvalue weighted by molar-refractivity contribution is -0.385. The predicted molar refractivity (Wildman–Crippen MR) is 227 cm³/mol. The van der Waals surface area contributed by atoms with Crippen molar-refractivity contribution < 1.29 is 29.3 Å². The molecule has 18 nitrogen and oxygen atoms in total. The number of nitrogens with one attached hydrogen (secondary N) is 2. The molecule has 4 aromatic carbocycles. The third-order valence-electron chi connectivity index (χ3n) is 8.77.